The number of carboxylic acid groups (broad SMARTS) is 1. The van der Waals surface area contributed by atoms with Gasteiger partial charge in [0.05, 0.1) is 16.6 Å². The summed E-state index contributed by atoms with van der Waals surface area (Å²) in [5.74, 6) is -1.14. The molecular weight excluding hydrogens is 276 g/mol. The van der Waals surface area contributed by atoms with Crippen molar-refractivity contribution < 1.29 is 19.9 Å². The summed E-state index contributed by atoms with van der Waals surface area (Å²) in [4.78, 5) is 21.9. The Bertz CT molecular complexity index is 526. The number of hydrogen-bond acceptors (Lipinski definition) is 5. The molecule has 1 aliphatic carbocycles. The minimum Gasteiger partial charge on any atom is -0.480 e. The van der Waals surface area contributed by atoms with Gasteiger partial charge in [-0.1, -0.05) is 12.1 Å². The molecule has 0 spiro atoms. The predicted molar refractivity (Wildman–Crippen MR) is 74.9 cm³/mol. The lowest BCUT2D eigenvalue weighted by Crippen LogP contribution is -2.40. The molecule has 1 aromatic carbocycles. The monoisotopic (exact) mass is 294 g/mol. The van der Waals surface area contributed by atoms with Crippen molar-refractivity contribution in [3.8, 4) is 0 Å². The zero-order valence-corrected chi connectivity index (χ0v) is 11.4. The molecule has 0 bridgehead atoms. The van der Waals surface area contributed by atoms with Gasteiger partial charge in [-0.2, -0.15) is 0 Å². The van der Waals surface area contributed by atoms with Crippen LogP contribution in [-0.2, 0) is 4.79 Å². The van der Waals surface area contributed by atoms with E-state index in [-0.39, 0.29) is 23.4 Å². The number of aliphatic hydroxyl groups excluding tert-OH is 1. The fourth-order valence-electron chi connectivity index (χ4n) is 2.67. The van der Waals surface area contributed by atoms with Crippen molar-refractivity contribution in [3.05, 3.63) is 39.9 Å². The Morgan fingerprint density at radius 2 is 1.90 bits per heavy atom. The maximum Gasteiger partial charge on any atom is 0.325 e. The highest BCUT2D eigenvalue weighted by Gasteiger charge is 2.30. The minimum atomic E-state index is -1.14. The minimum absolute atomic E-state index is 0.0608. The Labute approximate surface area is 121 Å². The van der Waals surface area contributed by atoms with E-state index in [1.165, 1.54) is 18.2 Å². The first-order valence-corrected chi connectivity index (χ1v) is 6.89. The van der Waals surface area contributed by atoms with Gasteiger partial charge < -0.3 is 10.2 Å². The Morgan fingerprint density at radius 3 is 2.48 bits per heavy atom. The number of nitro groups is 1. The first-order valence-electron chi connectivity index (χ1n) is 6.89. The molecule has 114 valence electrons. The summed E-state index contributed by atoms with van der Waals surface area (Å²) < 4.78 is 0. The Kier molecular flexibility index (Phi) is 4.87. The highest BCUT2D eigenvalue weighted by Crippen LogP contribution is 2.27. The molecule has 1 aromatic rings. The van der Waals surface area contributed by atoms with Crippen LogP contribution in [-0.4, -0.2) is 33.3 Å². The number of nitro benzene ring substituents is 1. The third kappa shape index (κ3) is 3.77. The number of hydrogen-bond donors (Lipinski definition) is 3. The molecule has 3 N–H and O–H groups in total. The lowest BCUT2D eigenvalue weighted by Gasteiger charge is -2.29. The molecule has 1 saturated carbocycles. The van der Waals surface area contributed by atoms with Crippen LogP contribution in [0.25, 0.3) is 0 Å². The van der Waals surface area contributed by atoms with Gasteiger partial charge in [-0.25, -0.2) is 0 Å². The molecule has 1 unspecified atom stereocenters. The van der Waals surface area contributed by atoms with Gasteiger partial charge in [-0.3, -0.25) is 20.2 Å². The molecule has 0 amide bonds. The number of aliphatic carboxylic acids is 1. The Balaban J connectivity index is 2.20. The van der Waals surface area contributed by atoms with E-state index in [0.29, 0.717) is 25.7 Å². The maximum absolute atomic E-state index is 11.5. The van der Waals surface area contributed by atoms with Crippen LogP contribution in [0.5, 0.6) is 0 Å². The molecule has 2 rings (SSSR count). The van der Waals surface area contributed by atoms with E-state index >= 15 is 0 Å². The van der Waals surface area contributed by atoms with Gasteiger partial charge in [0.15, 0.2) is 0 Å². The van der Waals surface area contributed by atoms with E-state index in [0.717, 1.165) is 0 Å². The first-order chi connectivity index (χ1) is 9.99. The predicted octanol–water partition coefficient (Wildman–Crippen LogP) is 1.61. The highest BCUT2D eigenvalue weighted by atomic mass is 16.6. The molecule has 0 aliphatic heterocycles. The number of carbonyl (C=O) groups is 1. The SMILES string of the molecule is O=C(O)C(NC1CCC(O)CC1)c1ccccc1[N+](=O)[O-]. The summed E-state index contributed by atoms with van der Waals surface area (Å²) in [6.45, 7) is 0. The Hall–Kier alpha value is -1.99. The highest BCUT2D eigenvalue weighted by molar-refractivity contribution is 5.77. The van der Waals surface area contributed by atoms with Gasteiger partial charge in [0.2, 0.25) is 0 Å². The van der Waals surface area contributed by atoms with Crippen molar-refractivity contribution >= 4 is 11.7 Å². The number of rotatable bonds is 5. The molecule has 1 atom stereocenters. The van der Waals surface area contributed by atoms with Gasteiger partial charge in [0.1, 0.15) is 6.04 Å². The second-order valence-corrected chi connectivity index (χ2v) is 5.26. The zero-order valence-electron chi connectivity index (χ0n) is 11.4. The second kappa shape index (κ2) is 6.64. The molecule has 0 saturated heterocycles. The molecule has 7 heteroatoms. The molecule has 0 heterocycles. The zero-order chi connectivity index (χ0) is 15.4. The molecule has 21 heavy (non-hydrogen) atoms. The van der Waals surface area contributed by atoms with Crippen LogP contribution < -0.4 is 5.32 Å². The van der Waals surface area contributed by atoms with E-state index in [1.807, 2.05) is 0 Å². The van der Waals surface area contributed by atoms with Crippen LogP contribution in [0.1, 0.15) is 37.3 Å². The van der Waals surface area contributed by atoms with Crippen molar-refractivity contribution in [3.63, 3.8) is 0 Å². The number of nitrogens with one attached hydrogen (secondary N) is 1. The average Bonchev–Trinajstić information content (AvgIpc) is 2.46. The van der Waals surface area contributed by atoms with Gasteiger partial charge in [0.25, 0.3) is 5.69 Å². The maximum atomic E-state index is 11.5. The van der Waals surface area contributed by atoms with Crippen molar-refractivity contribution in [2.75, 3.05) is 0 Å². The fraction of sp³-hybridized carbons (Fsp3) is 0.500. The van der Waals surface area contributed by atoms with Crippen LogP contribution in [0.2, 0.25) is 0 Å². The number of benzene rings is 1. The summed E-state index contributed by atoms with van der Waals surface area (Å²) in [6, 6.07) is 4.68. The van der Waals surface area contributed by atoms with Crippen molar-refractivity contribution in [2.24, 2.45) is 0 Å². The number of carboxylic acids is 1. The van der Waals surface area contributed by atoms with Crippen LogP contribution in [0.3, 0.4) is 0 Å². The van der Waals surface area contributed by atoms with Crippen LogP contribution in [0, 0.1) is 10.1 Å². The largest absolute Gasteiger partial charge is 0.480 e. The molecule has 7 nitrogen and oxygen atoms in total. The average molecular weight is 294 g/mol. The number of aliphatic hydroxyl groups is 1. The van der Waals surface area contributed by atoms with E-state index in [1.54, 1.807) is 6.07 Å². The normalized spacial score (nSPS) is 23.5. The van der Waals surface area contributed by atoms with Crippen molar-refractivity contribution in [2.45, 2.75) is 43.9 Å². The molecular formula is C14H18N2O5. The summed E-state index contributed by atoms with van der Waals surface area (Å²) >= 11 is 0. The third-order valence-electron chi connectivity index (χ3n) is 3.79. The van der Waals surface area contributed by atoms with Crippen LogP contribution in [0.15, 0.2) is 24.3 Å². The van der Waals surface area contributed by atoms with Crippen LogP contribution in [0.4, 0.5) is 5.69 Å². The van der Waals surface area contributed by atoms with Gasteiger partial charge in [0, 0.05) is 12.1 Å². The fourth-order valence-corrected chi connectivity index (χ4v) is 2.67. The van der Waals surface area contributed by atoms with Gasteiger partial charge in [-0.15, -0.1) is 0 Å². The van der Waals surface area contributed by atoms with E-state index in [4.69, 9.17) is 0 Å². The van der Waals surface area contributed by atoms with E-state index in [2.05, 4.69) is 5.32 Å². The smallest absolute Gasteiger partial charge is 0.325 e. The van der Waals surface area contributed by atoms with Crippen molar-refractivity contribution in [1.82, 2.24) is 5.32 Å². The van der Waals surface area contributed by atoms with Crippen molar-refractivity contribution in [1.29, 1.82) is 0 Å². The van der Waals surface area contributed by atoms with Gasteiger partial charge in [-0.05, 0) is 31.7 Å². The number of nitrogens with zero attached hydrogens (tertiary/aromatic N) is 1. The summed E-state index contributed by atoms with van der Waals surface area (Å²) in [7, 11) is 0. The molecule has 0 aromatic heterocycles. The second-order valence-electron chi connectivity index (χ2n) is 5.26. The van der Waals surface area contributed by atoms with Crippen LogP contribution >= 0.6 is 0 Å². The first kappa shape index (κ1) is 15.4. The lowest BCUT2D eigenvalue weighted by molar-refractivity contribution is -0.385. The lowest BCUT2D eigenvalue weighted by atomic mass is 9.91. The summed E-state index contributed by atoms with van der Waals surface area (Å²) in [5, 5.41) is 32.9. The topological polar surface area (TPSA) is 113 Å². The van der Waals surface area contributed by atoms with Gasteiger partial charge >= 0.3 is 5.97 Å². The number of para-hydroxylation sites is 1. The quantitative estimate of drug-likeness (QED) is 0.561. The van der Waals surface area contributed by atoms with E-state index in [9.17, 15) is 25.1 Å². The molecule has 1 aliphatic rings. The third-order valence-corrected chi connectivity index (χ3v) is 3.79. The summed E-state index contributed by atoms with van der Waals surface area (Å²) in [6.07, 6.45) is 2.20. The van der Waals surface area contributed by atoms with E-state index < -0.39 is 16.9 Å². The molecule has 1 fully saturated rings. The summed E-state index contributed by atoms with van der Waals surface area (Å²) in [5.41, 5.74) is -0.0469. The standard InChI is InChI=1S/C14H18N2O5/c17-10-7-5-9(6-8-10)15-13(14(18)19)11-3-1-2-4-12(11)16(20)21/h1-4,9-10,13,15,17H,5-8H2,(H,18,19). The molecule has 0 radical (unpaired) electrons. The Morgan fingerprint density at radius 1 is 1.29 bits per heavy atom.